The summed E-state index contributed by atoms with van der Waals surface area (Å²) in [5.41, 5.74) is 1.92. The van der Waals surface area contributed by atoms with Gasteiger partial charge in [0.25, 0.3) is 0 Å². The van der Waals surface area contributed by atoms with Crippen LogP contribution < -0.4 is 5.32 Å². The number of hydrogen-bond acceptors (Lipinski definition) is 4. The lowest BCUT2D eigenvalue weighted by molar-refractivity contribution is 0.0455. The Morgan fingerprint density at radius 1 is 1.08 bits per heavy atom. The highest BCUT2D eigenvalue weighted by molar-refractivity contribution is 6.04. The summed E-state index contributed by atoms with van der Waals surface area (Å²) in [6.45, 7) is 1.00. The van der Waals surface area contributed by atoms with E-state index >= 15 is 0 Å². The SMILES string of the molecule is O=C(OCc1ccccc1)c1cc2ccccc2n1C(=O)C1CCCN1. The molecule has 1 aromatic heterocycles. The fraction of sp³-hybridized carbons (Fsp3) is 0.238. The smallest absolute Gasteiger partial charge is 0.355 e. The molecule has 4 rings (SSSR count). The van der Waals surface area contributed by atoms with E-state index < -0.39 is 5.97 Å². The molecule has 3 aromatic rings. The van der Waals surface area contributed by atoms with Gasteiger partial charge < -0.3 is 10.1 Å². The molecule has 0 radical (unpaired) electrons. The molecule has 1 atom stereocenters. The van der Waals surface area contributed by atoms with Crippen molar-refractivity contribution >= 4 is 22.8 Å². The van der Waals surface area contributed by atoms with Gasteiger partial charge in [0, 0.05) is 5.39 Å². The number of carbonyl (C=O) groups excluding carboxylic acids is 2. The first kappa shape index (κ1) is 16.5. The van der Waals surface area contributed by atoms with Crippen LogP contribution >= 0.6 is 0 Å². The first-order chi connectivity index (χ1) is 12.7. The van der Waals surface area contributed by atoms with E-state index in [4.69, 9.17) is 4.74 Å². The third-order valence-corrected chi connectivity index (χ3v) is 4.71. The average molecular weight is 348 g/mol. The van der Waals surface area contributed by atoms with Gasteiger partial charge in [-0.3, -0.25) is 9.36 Å². The monoisotopic (exact) mass is 348 g/mol. The third-order valence-electron chi connectivity index (χ3n) is 4.71. The molecule has 2 heterocycles. The van der Waals surface area contributed by atoms with Gasteiger partial charge in [-0.05, 0) is 37.1 Å². The van der Waals surface area contributed by atoms with Crippen molar-refractivity contribution < 1.29 is 14.3 Å². The standard InChI is InChI=1S/C21H20N2O3/c24-20(17-10-6-12-22-17)23-18-11-5-4-9-16(18)13-19(23)21(25)26-14-15-7-2-1-3-8-15/h1-5,7-9,11,13,17,22H,6,10,12,14H2. The van der Waals surface area contributed by atoms with E-state index in [0.29, 0.717) is 0 Å². The summed E-state index contributed by atoms with van der Waals surface area (Å²) < 4.78 is 6.97. The minimum atomic E-state index is -0.489. The minimum Gasteiger partial charge on any atom is -0.456 e. The molecular weight excluding hydrogens is 328 g/mol. The second-order valence-corrected chi connectivity index (χ2v) is 6.47. The molecule has 0 spiro atoms. The molecule has 1 aliphatic rings. The Morgan fingerprint density at radius 2 is 1.85 bits per heavy atom. The van der Waals surface area contributed by atoms with Crippen LogP contribution in [0.15, 0.2) is 60.7 Å². The Kier molecular flexibility index (Phi) is 4.54. The van der Waals surface area contributed by atoms with Crippen LogP contribution in [-0.4, -0.2) is 29.0 Å². The molecule has 26 heavy (non-hydrogen) atoms. The maximum absolute atomic E-state index is 13.0. The van der Waals surface area contributed by atoms with Gasteiger partial charge in [-0.2, -0.15) is 0 Å². The number of carbonyl (C=O) groups is 2. The van der Waals surface area contributed by atoms with Crippen molar-refractivity contribution in [3.05, 3.63) is 71.9 Å². The maximum Gasteiger partial charge on any atom is 0.355 e. The molecule has 5 heteroatoms. The van der Waals surface area contributed by atoms with Crippen molar-refractivity contribution in [1.29, 1.82) is 0 Å². The predicted molar refractivity (Wildman–Crippen MR) is 99.2 cm³/mol. The molecule has 0 amide bonds. The van der Waals surface area contributed by atoms with Gasteiger partial charge in [-0.1, -0.05) is 48.5 Å². The molecule has 0 saturated carbocycles. The molecular formula is C21H20N2O3. The summed E-state index contributed by atoms with van der Waals surface area (Å²) in [4.78, 5) is 25.7. The fourth-order valence-corrected chi connectivity index (χ4v) is 3.39. The predicted octanol–water partition coefficient (Wildman–Crippen LogP) is 3.39. The second kappa shape index (κ2) is 7.14. The molecule has 1 N–H and O–H groups in total. The Labute approximate surface area is 151 Å². The molecule has 1 unspecified atom stereocenters. The number of ether oxygens (including phenoxy) is 1. The van der Waals surface area contributed by atoms with Crippen molar-refractivity contribution in [3.63, 3.8) is 0 Å². The van der Waals surface area contributed by atoms with E-state index in [-0.39, 0.29) is 24.2 Å². The number of nitrogens with one attached hydrogen (secondary N) is 1. The van der Waals surface area contributed by atoms with E-state index in [9.17, 15) is 9.59 Å². The Bertz CT molecular complexity index is 940. The van der Waals surface area contributed by atoms with Gasteiger partial charge in [-0.25, -0.2) is 4.79 Å². The number of hydrogen-bond donors (Lipinski definition) is 1. The number of benzene rings is 2. The highest BCUT2D eigenvalue weighted by atomic mass is 16.5. The van der Waals surface area contributed by atoms with Gasteiger partial charge in [0.15, 0.2) is 0 Å². The van der Waals surface area contributed by atoms with Crippen molar-refractivity contribution in [1.82, 2.24) is 9.88 Å². The van der Waals surface area contributed by atoms with Gasteiger partial charge in [0.05, 0.1) is 11.6 Å². The summed E-state index contributed by atoms with van der Waals surface area (Å²) >= 11 is 0. The van der Waals surface area contributed by atoms with Crippen LogP contribution in [0, 0.1) is 0 Å². The number of esters is 1. The Balaban J connectivity index is 1.66. The van der Waals surface area contributed by atoms with E-state index in [2.05, 4.69) is 5.32 Å². The van der Waals surface area contributed by atoms with Crippen molar-refractivity contribution in [2.75, 3.05) is 6.54 Å². The normalized spacial score (nSPS) is 16.7. The molecule has 2 aromatic carbocycles. The lowest BCUT2D eigenvalue weighted by atomic mass is 10.2. The van der Waals surface area contributed by atoms with Crippen molar-refractivity contribution in [2.45, 2.75) is 25.5 Å². The molecule has 1 saturated heterocycles. The van der Waals surface area contributed by atoms with Crippen molar-refractivity contribution in [2.24, 2.45) is 0 Å². The van der Waals surface area contributed by atoms with Crippen LogP contribution in [0.2, 0.25) is 0 Å². The number of fused-ring (bicyclic) bond motifs is 1. The fourth-order valence-electron chi connectivity index (χ4n) is 3.39. The van der Waals surface area contributed by atoms with Crippen LogP contribution in [-0.2, 0) is 11.3 Å². The molecule has 1 fully saturated rings. The van der Waals surface area contributed by atoms with Crippen LogP contribution in [0.3, 0.4) is 0 Å². The highest BCUT2D eigenvalue weighted by Gasteiger charge is 2.28. The summed E-state index contributed by atoms with van der Waals surface area (Å²) in [7, 11) is 0. The van der Waals surface area contributed by atoms with Gasteiger partial charge in [0.2, 0.25) is 5.91 Å². The van der Waals surface area contributed by atoms with Crippen LogP contribution in [0.1, 0.15) is 33.7 Å². The zero-order valence-corrected chi connectivity index (χ0v) is 14.4. The zero-order valence-electron chi connectivity index (χ0n) is 14.4. The summed E-state index contributed by atoms with van der Waals surface area (Å²) in [5.74, 6) is -0.591. The summed E-state index contributed by atoms with van der Waals surface area (Å²) in [5, 5.41) is 4.06. The Morgan fingerprint density at radius 3 is 2.62 bits per heavy atom. The van der Waals surface area contributed by atoms with Crippen LogP contribution in [0.5, 0.6) is 0 Å². The first-order valence-corrected chi connectivity index (χ1v) is 8.83. The zero-order chi connectivity index (χ0) is 17.9. The molecule has 132 valence electrons. The maximum atomic E-state index is 13.0. The van der Waals surface area contributed by atoms with Gasteiger partial charge in [0.1, 0.15) is 12.3 Å². The highest BCUT2D eigenvalue weighted by Crippen LogP contribution is 2.23. The lowest BCUT2D eigenvalue weighted by Crippen LogP contribution is -2.36. The van der Waals surface area contributed by atoms with Gasteiger partial charge >= 0.3 is 5.97 Å². The summed E-state index contributed by atoms with van der Waals surface area (Å²) in [6, 6.07) is 18.5. The minimum absolute atomic E-state index is 0.102. The summed E-state index contributed by atoms with van der Waals surface area (Å²) in [6.07, 6.45) is 1.74. The van der Waals surface area contributed by atoms with Gasteiger partial charge in [-0.15, -0.1) is 0 Å². The molecule has 0 aliphatic carbocycles. The van der Waals surface area contributed by atoms with Crippen LogP contribution in [0.25, 0.3) is 10.9 Å². The third kappa shape index (κ3) is 3.13. The first-order valence-electron chi connectivity index (χ1n) is 8.83. The topological polar surface area (TPSA) is 60.3 Å². The van der Waals surface area contributed by atoms with E-state index in [1.165, 1.54) is 4.57 Å². The second-order valence-electron chi connectivity index (χ2n) is 6.47. The quantitative estimate of drug-likeness (QED) is 0.734. The van der Waals surface area contributed by atoms with E-state index in [1.54, 1.807) is 6.07 Å². The largest absolute Gasteiger partial charge is 0.456 e. The number of aromatic nitrogens is 1. The Hall–Kier alpha value is -2.92. The van der Waals surface area contributed by atoms with Crippen molar-refractivity contribution in [3.8, 4) is 0 Å². The van der Waals surface area contributed by atoms with E-state index in [1.807, 2.05) is 54.6 Å². The number of para-hydroxylation sites is 1. The number of rotatable bonds is 4. The average Bonchev–Trinajstić information content (AvgIpc) is 3.34. The lowest BCUT2D eigenvalue weighted by Gasteiger charge is -2.14. The number of nitrogens with zero attached hydrogens (tertiary/aromatic N) is 1. The molecule has 1 aliphatic heterocycles. The van der Waals surface area contributed by atoms with E-state index in [0.717, 1.165) is 35.9 Å². The van der Waals surface area contributed by atoms with Crippen LogP contribution in [0.4, 0.5) is 0 Å². The molecule has 0 bridgehead atoms. The molecule has 5 nitrogen and oxygen atoms in total.